The second kappa shape index (κ2) is 5.25. The van der Waals surface area contributed by atoms with Crippen LogP contribution in [0.15, 0.2) is 18.2 Å². The van der Waals surface area contributed by atoms with E-state index in [0.29, 0.717) is 0 Å². The van der Waals surface area contributed by atoms with Gasteiger partial charge in [0, 0.05) is 11.5 Å². The molecule has 5 heteroatoms. The van der Waals surface area contributed by atoms with Crippen LogP contribution >= 0.6 is 0 Å². The van der Waals surface area contributed by atoms with Crippen molar-refractivity contribution in [1.29, 1.82) is 0 Å². The lowest BCUT2D eigenvalue weighted by Gasteiger charge is -2.28. The molecule has 18 heavy (non-hydrogen) atoms. The van der Waals surface area contributed by atoms with Gasteiger partial charge in [0.2, 0.25) is 6.10 Å². The Bertz CT molecular complexity index is 437. The van der Waals surface area contributed by atoms with E-state index in [0.717, 1.165) is 6.07 Å². The number of benzene rings is 1. The monoisotopic (exact) mass is 256 g/mol. The van der Waals surface area contributed by atoms with Crippen molar-refractivity contribution in [2.45, 2.75) is 26.9 Å². The first-order chi connectivity index (χ1) is 8.25. The molecule has 0 heterocycles. The summed E-state index contributed by atoms with van der Waals surface area (Å²) in [5.41, 5.74) is -0.592. The Morgan fingerprint density at radius 2 is 1.94 bits per heavy atom. The van der Waals surface area contributed by atoms with Crippen molar-refractivity contribution in [2.24, 2.45) is 5.41 Å². The minimum absolute atomic E-state index is 0.172. The Morgan fingerprint density at radius 1 is 1.33 bits per heavy atom. The van der Waals surface area contributed by atoms with Crippen LogP contribution < -0.4 is 9.47 Å². The van der Waals surface area contributed by atoms with Crippen LogP contribution in [0.3, 0.4) is 0 Å². The third kappa shape index (κ3) is 3.35. The number of rotatable bonds is 4. The Hall–Kier alpha value is -1.78. The van der Waals surface area contributed by atoms with Gasteiger partial charge >= 0.3 is 5.97 Å². The maximum absolute atomic E-state index is 13.0. The molecule has 0 bridgehead atoms. The smallest absolute Gasteiger partial charge is 0.345 e. The van der Waals surface area contributed by atoms with Crippen molar-refractivity contribution in [1.82, 2.24) is 0 Å². The minimum Gasteiger partial charge on any atom is -0.493 e. The molecule has 0 saturated carbocycles. The predicted molar refractivity (Wildman–Crippen MR) is 64.5 cm³/mol. The lowest BCUT2D eigenvalue weighted by molar-refractivity contribution is -0.150. The van der Waals surface area contributed by atoms with Crippen LogP contribution in [0.2, 0.25) is 0 Å². The highest BCUT2D eigenvalue weighted by Gasteiger charge is 2.34. The standard InChI is InChI=1S/C13H17FO4/c1-13(2,3)11(12(15)16)18-9-6-5-8(14)7-10(9)17-4/h5-7,11H,1-4H3,(H,15,16). The summed E-state index contributed by atoms with van der Waals surface area (Å²) in [6.45, 7) is 5.26. The van der Waals surface area contributed by atoms with Gasteiger partial charge in [-0.1, -0.05) is 20.8 Å². The molecule has 0 radical (unpaired) electrons. The summed E-state index contributed by atoms with van der Waals surface area (Å²) in [6, 6.07) is 3.70. The van der Waals surface area contributed by atoms with Gasteiger partial charge in [0.1, 0.15) is 5.82 Å². The van der Waals surface area contributed by atoms with E-state index in [4.69, 9.17) is 14.6 Å². The van der Waals surface area contributed by atoms with Gasteiger partial charge in [-0.25, -0.2) is 9.18 Å². The third-order valence-electron chi connectivity index (χ3n) is 2.38. The normalized spacial score (nSPS) is 12.9. The molecule has 4 nitrogen and oxygen atoms in total. The maximum atomic E-state index is 13.0. The number of methoxy groups -OCH3 is 1. The number of carbonyl (C=O) groups is 1. The Morgan fingerprint density at radius 3 is 2.39 bits per heavy atom. The summed E-state index contributed by atoms with van der Waals surface area (Å²) in [5, 5.41) is 9.15. The number of carboxylic acids is 1. The molecule has 1 unspecified atom stereocenters. The van der Waals surface area contributed by atoms with Crippen LogP contribution in [-0.2, 0) is 4.79 Å². The summed E-state index contributed by atoms with van der Waals surface area (Å²) in [4.78, 5) is 11.2. The van der Waals surface area contributed by atoms with Crippen LogP contribution in [0.25, 0.3) is 0 Å². The van der Waals surface area contributed by atoms with Gasteiger partial charge in [0.25, 0.3) is 0 Å². The van der Waals surface area contributed by atoms with Crippen molar-refractivity contribution in [3.63, 3.8) is 0 Å². The highest BCUT2D eigenvalue weighted by molar-refractivity contribution is 5.74. The summed E-state index contributed by atoms with van der Waals surface area (Å²) < 4.78 is 23.4. The van der Waals surface area contributed by atoms with Gasteiger partial charge in [0.15, 0.2) is 11.5 Å². The number of carboxylic acid groups (broad SMARTS) is 1. The number of ether oxygens (including phenoxy) is 2. The van der Waals surface area contributed by atoms with Gasteiger partial charge in [-0.05, 0) is 12.1 Å². The van der Waals surface area contributed by atoms with E-state index in [2.05, 4.69) is 0 Å². The highest BCUT2D eigenvalue weighted by Crippen LogP contribution is 2.32. The van der Waals surface area contributed by atoms with Gasteiger partial charge in [-0.2, -0.15) is 0 Å². The quantitative estimate of drug-likeness (QED) is 0.899. The molecule has 0 aliphatic carbocycles. The average molecular weight is 256 g/mol. The predicted octanol–water partition coefficient (Wildman–Crippen LogP) is 2.71. The van der Waals surface area contributed by atoms with Crippen LogP contribution in [0.4, 0.5) is 4.39 Å². The molecule has 1 N–H and O–H groups in total. The van der Waals surface area contributed by atoms with Crippen molar-refractivity contribution in [3.8, 4) is 11.5 Å². The molecule has 0 aromatic heterocycles. The molecular weight excluding hydrogens is 239 g/mol. The van der Waals surface area contributed by atoms with Crippen LogP contribution in [0.5, 0.6) is 11.5 Å². The summed E-state index contributed by atoms with van der Waals surface area (Å²) in [7, 11) is 1.37. The van der Waals surface area contributed by atoms with Gasteiger partial charge in [-0.3, -0.25) is 0 Å². The highest BCUT2D eigenvalue weighted by atomic mass is 19.1. The first-order valence-corrected chi connectivity index (χ1v) is 5.48. The molecule has 0 fully saturated rings. The summed E-state index contributed by atoms with van der Waals surface area (Å²) in [5.74, 6) is -1.16. The van der Waals surface area contributed by atoms with Gasteiger partial charge in [-0.15, -0.1) is 0 Å². The summed E-state index contributed by atoms with van der Waals surface area (Å²) >= 11 is 0. The van der Waals surface area contributed by atoms with E-state index in [-0.39, 0.29) is 11.5 Å². The zero-order valence-corrected chi connectivity index (χ0v) is 10.9. The molecule has 0 spiro atoms. The fraction of sp³-hybridized carbons (Fsp3) is 0.462. The largest absolute Gasteiger partial charge is 0.493 e. The van der Waals surface area contributed by atoms with Crippen molar-refractivity contribution in [2.75, 3.05) is 7.11 Å². The number of aliphatic carboxylic acids is 1. The Labute approximate surface area is 105 Å². The molecule has 1 atom stereocenters. The van der Waals surface area contributed by atoms with Crippen LogP contribution in [-0.4, -0.2) is 24.3 Å². The lowest BCUT2D eigenvalue weighted by Crippen LogP contribution is -2.39. The zero-order valence-electron chi connectivity index (χ0n) is 10.9. The van der Waals surface area contributed by atoms with E-state index in [1.807, 2.05) is 0 Å². The topological polar surface area (TPSA) is 55.8 Å². The minimum atomic E-state index is -1.08. The first-order valence-electron chi connectivity index (χ1n) is 5.48. The summed E-state index contributed by atoms with van der Waals surface area (Å²) in [6.07, 6.45) is -1.04. The average Bonchev–Trinajstić information content (AvgIpc) is 2.24. The van der Waals surface area contributed by atoms with E-state index in [1.165, 1.54) is 19.2 Å². The molecule has 0 amide bonds. The molecule has 0 saturated heterocycles. The van der Waals surface area contributed by atoms with Crippen molar-refractivity contribution >= 4 is 5.97 Å². The molecule has 1 rings (SSSR count). The fourth-order valence-electron chi connectivity index (χ4n) is 1.46. The van der Waals surface area contributed by atoms with E-state index >= 15 is 0 Å². The molecule has 1 aromatic rings. The molecule has 100 valence electrons. The van der Waals surface area contributed by atoms with E-state index in [1.54, 1.807) is 20.8 Å². The molecule has 0 aliphatic heterocycles. The number of hydrogen-bond donors (Lipinski definition) is 1. The Kier molecular flexibility index (Phi) is 4.16. The van der Waals surface area contributed by atoms with Gasteiger partial charge < -0.3 is 14.6 Å². The Balaban J connectivity index is 3.05. The van der Waals surface area contributed by atoms with Gasteiger partial charge in [0.05, 0.1) is 7.11 Å². The molecule has 1 aromatic carbocycles. The third-order valence-corrected chi connectivity index (χ3v) is 2.38. The van der Waals surface area contributed by atoms with E-state index in [9.17, 15) is 9.18 Å². The number of halogens is 1. The first kappa shape index (κ1) is 14.3. The molecule has 0 aliphatic rings. The van der Waals surface area contributed by atoms with Crippen molar-refractivity contribution < 1.29 is 23.8 Å². The fourth-order valence-corrected chi connectivity index (χ4v) is 1.46. The van der Waals surface area contributed by atoms with Crippen molar-refractivity contribution in [3.05, 3.63) is 24.0 Å². The SMILES string of the molecule is COc1cc(F)ccc1OC(C(=O)O)C(C)(C)C. The second-order valence-electron chi connectivity index (χ2n) is 5.00. The lowest BCUT2D eigenvalue weighted by atomic mass is 9.89. The van der Waals surface area contributed by atoms with E-state index < -0.39 is 23.3 Å². The maximum Gasteiger partial charge on any atom is 0.345 e. The second-order valence-corrected chi connectivity index (χ2v) is 5.00. The van der Waals surface area contributed by atoms with Crippen LogP contribution in [0.1, 0.15) is 20.8 Å². The molecular formula is C13H17FO4. The number of hydrogen-bond acceptors (Lipinski definition) is 3. The van der Waals surface area contributed by atoms with Crippen LogP contribution in [0, 0.1) is 11.2 Å². The zero-order chi connectivity index (χ0) is 13.9.